The molecular weight excluding hydrogens is 358 g/mol. The van der Waals surface area contributed by atoms with Gasteiger partial charge in [0.05, 0.1) is 6.04 Å². The number of fused-ring (bicyclic) bond motifs is 1. The summed E-state index contributed by atoms with van der Waals surface area (Å²) in [6.07, 6.45) is 6.17. The quantitative estimate of drug-likeness (QED) is 0.824. The highest BCUT2D eigenvalue weighted by molar-refractivity contribution is 5.94. The van der Waals surface area contributed by atoms with Crippen LogP contribution in [0.1, 0.15) is 58.8 Å². The summed E-state index contributed by atoms with van der Waals surface area (Å²) in [7, 11) is 2.18. The third-order valence-electron chi connectivity index (χ3n) is 6.44. The number of hydrogen-bond donors (Lipinski definition) is 1. The number of amides is 1. The van der Waals surface area contributed by atoms with Gasteiger partial charge in [-0.05, 0) is 75.0 Å². The standard InChI is InChI=1S/C25H33N3O/c1-19-8-10-20(11-9-19)25(29)26-18-24(28-15-4-3-5-16-28)22-12-13-23-21(17-22)7-6-14-27(23)2/h8-13,17,24H,3-7,14-16,18H2,1-2H3,(H,26,29)/t24-/m0/s1. The predicted octanol–water partition coefficient (Wildman–Crippen LogP) is 4.33. The van der Waals surface area contributed by atoms with Crippen LogP contribution in [-0.4, -0.2) is 44.0 Å². The first-order valence-electron chi connectivity index (χ1n) is 11.0. The molecule has 1 saturated heterocycles. The Morgan fingerprint density at radius 2 is 1.76 bits per heavy atom. The van der Waals surface area contributed by atoms with E-state index < -0.39 is 0 Å². The van der Waals surface area contributed by atoms with Gasteiger partial charge in [0.1, 0.15) is 0 Å². The zero-order valence-corrected chi connectivity index (χ0v) is 17.8. The molecule has 1 fully saturated rings. The molecule has 29 heavy (non-hydrogen) atoms. The number of carbonyl (C=O) groups excluding carboxylic acids is 1. The molecule has 2 aliphatic rings. The van der Waals surface area contributed by atoms with Gasteiger partial charge >= 0.3 is 0 Å². The molecule has 2 aromatic rings. The lowest BCUT2D eigenvalue weighted by atomic mass is 9.95. The van der Waals surface area contributed by atoms with Gasteiger partial charge in [0, 0.05) is 31.4 Å². The summed E-state index contributed by atoms with van der Waals surface area (Å²) in [5, 5.41) is 3.21. The summed E-state index contributed by atoms with van der Waals surface area (Å²) in [4.78, 5) is 17.6. The SMILES string of the molecule is Cc1ccc(C(=O)NC[C@@H](c2ccc3c(c2)CCCN3C)N2CCCCC2)cc1. The van der Waals surface area contributed by atoms with Crippen LogP contribution in [0.2, 0.25) is 0 Å². The Labute approximate surface area is 174 Å². The Morgan fingerprint density at radius 3 is 2.52 bits per heavy atom. The van der Waals surface area contributed by atoms with Gasteiger partial charge in [-0.1, -0.05) is 36.2 Å². The van der Waals surface area contributed by atoms with Crippen molar-refractivity contribution in [3.63, 3.8) is 0 Å². The number of likely N-dealkylation sites (tertiary alicyclic amines) is 1. The van der Waals surface area contributed by atoms with E-state index in [1.165, 1.54) is 48.1 Å². The van der Waals surface area contributed by atoms with Crippen molar-refractivity contribution in [3.05, 3.63) is 64.7 Å². The number of anilines is 1. The van der Waals surface area contributed by atoms with Gasteiger partial charge in [0.25, 0.3) is 5.91 Å². The maximum atomic E-state index is 12.7. The number of aryl methyl sites for hydroxylation is 2. The number of carbonyl (C=O) groups is 1. The van der Waals surface area contributed by atoms with E-state index >= 15 is 0 Å². The van der Waals surface area contributed by atoms with Crippen molar-refractivity contribution in [1.82, 2.24) is 10.2 Å². The van der Waals surface area contributed by atoms with E-state index in [2.05, 4.69) is 40.4 Å². The van der Waals surface area contributed by atoms with Crippen LogP contribution in [0.25, 0.3) is 0 Å². The zero-order chi connectivity index (χ0) is 20.2. The molecule has 154 valence electrons. The number of nitrogens with zero attached hydrogens (tertiary/aromatic N) is 2. The largest absolute Gasteiger partial charge is 0.374 e. The molecule has 1 atom stereocenters. The van der Waals surface area contributed by atoms with Crippen LogP contribution in [0, 0.1) is 6.92 Å². The first-order valence-corrected chi connectivity index (χ1v) is 11.0. The van der Waals surface area contributed by atoms with Crippen molar-refractivity contribution in [3.8, 4) is 0 Å². The number of benzene rings is 2. The van der Waals surface area contributed by atoms with Crippen LogP contribution in [0.5, 0.6) is 0 Å². The van der Waals surface area contributed by atoms with Crippen LogP contribution in [0.3, 0.4) is 0 Å². The van der Waals surface area contributed by atoms with Gasteiger partial charge in [-0.3, -0.25) is 9.69 Å². The van der Waals surface area contributed by atoms with E-state index in [0.717, 1.165) is 31.6 Å². The second-order valence-electron chi connectivity index (χ2n) is 8.60. The molecule has 2 heterocycles. The van der Waals surface area contributed by atoms with Crippen molar-refractivity contribution in [2.45, 2.75) is 45.1 Å². The van der Waals surface area contributed by atoms with Gasteiger partial charge in [0.15, 0.2) is 0 Å². The fourth-order valence-electron chi connectivity index (χ4n) is 4.70. The number of nitrogens with one attached hydrogen (secondary N) is 1. The maximum Gasteiger partial charge on any atom is 0.251 e. The van der Waals surface area contributed by atoms with Crippen molar-refractivity contribution in [2.75, 3.05) is 38.1 Å². The Bertz CT molecular complexity index is 840. The van der Waals surface area contributed by atoms with E-state index in [9.17, 15) is 4.79 Å². The minimum absolute atomic E-state index is 0.0182. The third kappa shape index (κ3) is 4.64. The number of hydrogen-bond acceptors (Lipinski definition) is 3. The first-order chi connectivity index (χ1) is 14.1. The lowest BCUT2D eigenvalue weighted by Crippen LogP contribution is -2.40. The Hall–Kier alpha value is -2.33. The van der Waals surface area contributed by atoms with Gasteiger partial charge < -0.3 is 10.2 Å². The van der Waals surface area contributed by atoms with Crippen LogP contribution >= 0.6 is 0 Å². The monoisotopic (exact) mass is 391 g/mol. The summed E-state index contributed by atoms with van der Waals surface area (Å²) in [6.45, 7) is 6.06. The molecular formula is C25H33N3O. The van der Waals surface area contributed by atoms with Crippen molar-refractivity contribution < 1.29 is 4.79 Å². The van der Waals surface area contributed by atoms with Gasteiger partial charge in [0.2, 0.25) is 0 Å². The fraction of sp³-hybridized carbons (Fsp3) is 0.480. The molecule has 4 heteroatoms. The average molecular weight is 392 g/mol. The molecule has 0 spiro atoms. The predicted molar refractivity (Wildman–Crippen MR) is 120 cm³/mol. The molecule has 1 N–H and O–H groups in total. The molecule has 4 nitrogen and oxygen atoms in total. The highest BCUT2D eigenvalue weighted by Gasteiger charge is 2.25. The number of rotatable bonds is 5. The summed E-state index contributed by atoms with van der Waals surface area (Å²) in [5.74, 6) is 0.0182. The van der Waals surface area contributed by atoms with Crippen LogP contribution in [0.15, 0.2) is 42.5 Å². The second kappa shape index (κ2) is 9.00. The molecule has 2 aliphatic heterocycles. The smallest absolute Gasteiger partial charge is 0.251 e. The molecule has 0 bridgehead atoms. The molecule has 0 aliphatic carbocycles. The summed E-state index contributed by atoms with van der Waals surface area (Å²) in [6, 6.07) is 15.0. The normalized spacial score (nSPS) is 18.2. The Kier molecular flexibility index (Phi) is 6.19. The number of piperidine rings is 1. The molecule has 0 radical (unpaired) electrons. The topological polar surface area (TPSA) is 35.6 Å². The molecule has 1 amide bonds. The first kappa shape index (κ1) is 20.0. The van der Waals surface area contributed by atoms with Gasteiger partial charge in [-0.15, -0.1) is 0 Å². The molecule has 0 saturated carbocycles. The average Bonchev–Trinajstić information content (AvgIpc) is 2.75. The van der Waals surface area contributed by atoms with Crippen molar-refractivity contribution in [1.29, 1.82) is 0 Å². The summed E-state index contributed by atoms with van der Waals surface area (Å²) < 4.78 is 0. The van der Waals surface area contributed by atoms with E-state index in [4.69, 9.17) is 0 Å². The molecule has 2 aromatic carbocycles. The van der Waals surface area contributed by atoms with Crippen LogP contribution in [0.4, 0.5) is 5.69 Å². The minimum Gasteiger partial charge on any atom is -0.374 e. The maximum absolute atomic E-state index is 12.7. The van der Waals surface area contributed by atoms with Crippen molar-refractivity contribution in [2.24, 2.45) is 0 Å². The third-order valence-corrected chi connectivity index (χ3v) is 6.44. The van der Waals surface area contributed by atoms with E-state index in [0.29, 0.717) is 6.54 Å². The Morgan fingerprint density at radius 1 is 1.00 bits per heavy atom. The van der Waals surface area contributed by atoms with Crippen LogP contribution in [-0.2, 0) is 6.42 Å². The molecule has 0 aromatic heterocycles. The highest BCUT2D eigenvalue weighted by atomic mass is 16.1. The minimum atomic E-state index is 0.0182. The van der Waals surface area contributed by atoms with E-state index in [1.54, 1.807) is 0 Å². The van der Waals surface area contributed by atoms with Crippen LogP contribution < -0.4 is 10.2 Å². The second-order valence-corrected chi connectivity index (χ2v) is 8.60. The van der Waals surface area contributed by atoms with Gasteiger partial charge in [-0.25, -0.2) is 0 Å². The lowest BCUT2D eigenvalue weighted by molar-refractivity contribution is 0.0924. The van der Waals surface area contributed by atoms with E-state index in [-0.39, 0.29) is 11.9 Å². The van der Waals surface area contributed by atoms with E-state index in [1.807, 2.05) is 31.2 Å². The summed E-state index contributed by atoms with van der Waals surface area (Å²) in [5.41, 5.74) is 6.06. The fourth-order valence-corrected chi connectivity index (χ4v) is 4.70. The zero-order valence-electron chi connectivity index (χ0n) is 17.8. The molecule has 0 unspecified atom stereocenters. The Balaban J connectivity index is 1.53. The van der Waals surface area contributed by atoms with Gasteiger partial charge in [-0.2, -0.15) is 0 Å². The highest BCUT2D eigenvalue weighted by Crippen LogP contribution is 2.31. The lowest BCUT2D eigenvalue weighted by Gasteiger charge is -2.36. The summed E-state index contributed by atoms with van der Waals surface area (Å²) >= 11 is 0. The molecule has 4 rings (SSSR count). The van der Waals surface area contributed by atoms with Crippen molar-refractivity contribution >= 4 is 11.6 Å².